The van der Waals surface area contributed by atoms with Crippen LogP contribution < -0.4 is 26.0 Å². The number of esters is 2. The van der Waals surface area contributed by atoms with Crippen LogP contribution in [0.3, 0.4) is 0 Å². The van der Waals surface area contributed by atoms with E-state index in [0.717, 1.165) is 18.4 Å². The van der Waals surface area contributed by atoms with Gasteiger partial charge in [0, 0.05) is 52.0 Å². The van der Waals surface area contributed by atoms with E-state index in [0.29, 0.717) is 28.2 Å². The normalized spacial score (nSPS) is 22.1. The van der Waals surface area contributed by atoms with Crippen molar-refractivity contribution in [1.29, 1.82) is 0 Å². The molecule has 2 saturated heterocycles. The zero-order chi connectivity index (χ0) is 52.2. The van der Waals surface area contributed by atoms with Crippen LogP contribution >= 0.6 is 0 Å². The molecule has 2 aliphatic heterocycles. The Bertz CT molecular complexity index is 2570. The summed E-state index contributed by atoms with van der Waals surface area (Å²) in [5.74, 6) is -2.52. The molecule has 2 amide bonds. The first kappa shape index (κ1) is 54.4. The van der Waals surface area contributed by atoms with E-state index in [1.807, 2.05) is 54.6 Å². The Hall–Kier alpha value is -6.91. The molecule has 7 atom stereocenters. The fourth-order valence-corrected chi connectivity index (χ4v) is 8.82. The molecule has 0 bridgehead atoms. The summed E-state index contributed by atoms with van der Waals surface area (Å²) < 4.78 is 49.0. The smallest absolute Gasteiger partial charge is 0.330 e. The molecule has 1 radical (unpaired) electrons. The number of morpholine rings is 1. The van der Waals surface area contributed by atoms with Crippen LogP contribution in [-0.2, 0) is 58.0 Å². The third-order valence-corrected chi connectivity index (χ3v) is 12.2. The summed E-state index contributed by atoms with van der Waals surface area (Å²) in [7, 11) is 3.12. The van der Waals surface area contributed by atoms with Gasteiger partial charge in [-0.15, -0.1) is 0 Å². The number of carbonyl (C=O) groups is 5. The highest BCUT2D eigenvalue weighted by molar-refractivity contribution is 5.76. The van der Waals surface area contributed by atoms with Crippen LogP contribution in [0.1, 0.15) is 74.9 Å². The third-order valence-electron chi connectivity index (χ3n) is 12.2. The largest absolute Gasteiger partial charge is 0.497 e. The number of aliphatic hydroxyl groups is 1. The van der Waals surface area contributed by atoms with Gasteiger partial charge in [-0.3, -0.25) is 38.3 Å². The summed E-state index contributed by atoms with van der Waals surface area (Å²) in [4.78, 5) is 92.4. The number of aromatic amines is 1. The Balaban J connectivity index is 1.27. The number of unbranched alkanes of at least 4 members (excludes halogenated alkanes) is 1. The van der Waals surface area contributed by atoms with Crippen molar-refractivity contribution in [3.8, 4) is 11.5 Å². The Kier molecular flexibility index (Phi) is 18.5. The van der Waals surface area contributed by atoms with Crippen LogP contribution in [0, 0.1) is 13.3 Å². The zero-order valence-electron chi connectivity index (χ0n) is 40.9. The lowest BCUT2D eigenvalue weighted by Crippen LogP contribution is -2.66. The SMILES string of the molecule is COc1ccc(C(OC[C@]2(CO)CN(C(=O)CCCCO[C@@H]3O[C@H]([CH]CC(=O)O)[C@@H](OC(C)=O)[C@H](OC(C)=O)[C@H]3NC(C)=O)C[C@H](n3cc(C)c(=O)[nH]c3=O)O2)(c2ccccc2)c2ccc(OC)cc2)cc1. The number of rotatable bonds is 22. The number of aliphatic hydroxyl groups excluding tert-OH is 1. The van der Waals surface area contributed by atoms with Gasteiger partial charge in [0.2, 0.25) is 11.8 Å². The number of hydrogen-bond acceptors (Lipinski definition) is 16. The number of benzene rings is 3. The molecule has 0 unspecified atom stereocenters. The molecule has 387 valence electrons. The van der Waals surface area contributed by atoms with Gasteiger partial charge in [-0.05, 0) is 60.7 Å². The minimum absolute atomic E-state index is 0.0656. The highest BCUT2D eigenvalue weighted by Crippen LogP contribution is 2.43. The van der Waals surface area contributed by atoms with Crippen molar-refractivity contribution in [2.24, 2.45) is 0 Å². The van der Waals surface area contributed by atoms with Crippen molar-refractivity contribution in [3.63, 3.8) is 0 Å². The maximum Gasteiger partial charge on any atom is 0.330 e. The molecule has 72 heavy (non-hydrogen) atoms. The number of methoxy groups -OCH3 is 2. The standard InChI is InChI=1S/C51H61N4O17/c1-31-26-55(49(64)53-47(31)63)42-27-54(41(60)14-10-11-25-67-48-44(52-32(2)57)46(70-34(4)59)45(69-33(3)58)40(71-48)23-24-43(61)62)28-50(29-56,72-42)30-68-51(35-12-8-7-9-13-35,36-15-19-38(65-5)20-16-36)37-17-21-39(66-6)22-18-37/h7-9,12-13,15-23,26,40,42,44-46,48,56H,10-11,14,24-25,27-30H2,1-6H3,(H,52,57)(H,61,62)(H,53,63,64)/t40-,42-,44-,45-,46-,48-,50-/m1/s1. The molecule has 21 heteroatoms. The maximum atomic E-state index is 14.4. The van der Waals surface area contributed by atoms with Gasteiger partial charge in [-0.2, -0.15) is 0 Å². The summed E-state index contributed by atoms with van der Waals surface area (Å²) in [5, 5.41) is 23.4. The molecule has 4 aromatic rings. The molecule has 21 nitrogen and oxygen atoms in total. The highest BCUT2D eigenvalue weighted by Gasteiger charge is 2.51. The Morgan fingerprint density at radius 3 is 2.01 bits per heavy atom. The lowest BCUT2D eigenvalue weighted by Gasteiger charge is -2.47. The van der Waals surface area contributed by atoms with Crippen molar-refractivity contribution < 1.29 is 72.1 Å². The quantitative estimate of drug-likeness (QED) is 0.0501. The molecular weight excluding hydrogens is 941 g/mol. The Morgan fingerprint density at radius 2 is 1.46 bits per heavy atom. The lowest BCUT2D eigenvalue weighted by molar-refractivity contribution is -0.265. The number of ether oxygens (including phenoxy) is 8. The molecule has 2 fully saturated rings. The van der Waals surface area contributed by atoms with Crippen molar-refractivity contribution >= 4 is 29.7 Å². The van der Waals surface area contributed by atoms with Gasteiger partial charge in [0.1, 0.15) is 34.8 Å². The second-order valence-electron chi connectivity index (χ2n) is 17.5. The number of aromatic nitrogens is 2. The minimum atomic E-state index is -1.67. The zero-order valence-corrected chi connectivity index (χ0v) is 40.9. The summed E-state index contributed by atoms with van der Waals surface area (Å²) in [5.41, 5.74) is -2.16. The molecule has 3 heterocycles. The fraction of sp³-hybridized carbons (Fsp3) is 0.451. The molecular formula is C51H61N4O17. The molecule has 2 aliphatic rings. The van der Waals surface area contributed by atoms with E-state index in [-0.39, 0.29) is 57.0 Å². The predicted octanol–water partition coefficient (Wildman–Crippen LogP) is 2.92. The van der Waals surface area contributed by atoms with Gasteiger partial charge in [-0.25, -0.2) is 4.79 Å². The number of aliphatic carboxylic acids is 1. The van der Waals surface area contributed by atoms with Crippen LogP contribution in [0.15, 0.2) is 94.6 Å². The molecule has 0 saturated carbocycles. The Labute approximate surface area is 415 Å². The lowest BCUT2D eigenvalue weighted by atomic mass is 9.79. The van der Waals surface area contributed by atoms with Crippen LogP contribution in [0.5, 0.6) is 11.5 Å². The summed E-state index contributed by atoms with van der Waals surface area (Å²) in [6.07, 6.45) is -4.04. The third kappa shape index (κ3) is 13.1. The molecule has 0 spiro atoms. The van der Waals surface area contributed by atoms with Crippen LogP contribution in [0.4, 0.5) is 0 Å². The van der Waals surface area contributed by atoms with Gasteiger partial charge in [-0.1, -0.05) is 54.6 Å². The average Bonchev–Trinajstić information content (AvgIpc) is 3.36. The van der Waals surface area contributed by atoms with Gasteiger partial charge in [0.25, 0.3) is 5.56 Å². The van der Waals surface area contributed by atoms with Gasteiger partial charge >= 0.3 is 23.6 Å². The number of H-pyrrole nitrogens is 1. The minimum Gasteiger partial charge on any atom is -0.497 e. The molecule has 3 aromatic carbocycles. The second-order valence-corrected chi connectivity index (χ2v) is 17.5. The predicted molar refractivity (Wildman–Crippen MR) is 255 cm³/mol. The Morgan fingerprint density at radius 1 is 0.861 bits per heavy atom. The first-order valence-corrected chi connectivity index (χ1v) is 23.2. The summed E-state index contributed by atoms with van der Waals surface area (Å²) in [6, 6.07) is 22.9. The van der Waals surface area contributed by atoms with Crippen molar-refractivity contribution in [2.45, 2.75) is 101 Å². The van der Waals surface area contributed by atoms with Crippen LogP contribution in [0.2, 0.25) is 0 Å². The number of amides is 2. The second kappa shape index (κ2) is 24.5. The highest BCUT2D eigenvalue weighted by atomic mass is 16.7. The van der Waals surface area contributed by atoms with E-state index in [1.165, 1.54) is 31.4 Å². The number of carbonyl (C=O) groups excluding carboxylic acids is 4. The van der Waals surface area contributed by atoms with Gasteiger partial charge in [0.15, 0.2) is 24.7 Å². The van der Waals surface area contributed by atoms with Crippen LogP contribution in [0.25, 0.3) is 0 Å². The van der Waals surface area contributed by atoms with E-state index < -0.39 is 96.2 Å². The topological polar surface area (TPSA) is 270 Å². The van der Waals surface area contributed by atoms with E-state index in [9.17, 15) is 43.8 Å². The van der Waals surface area contributed by atoms with Crippen LogP contribution in [-0.4, -0.2) is 138 Å². The number of hydrogen-bond donors (Lipinski definition) is 4. The number of carboxylic acid groups (broad SMARTS) is 1. The molecule has 6 rings (SSSR count). The number of carboxylic acids is 1. The van der Waals surface area contributed by atoms with E-state index in [2.05, 4.69) is 10.3 Å². The van der Waals surface area contributed by atoms with E-state index >= 15 is 0 Å². The number of nitrogens with zero attached hydrogens (tertiary/aromatic N) is 2. The van der Waals surface area contributed by atoms with E-state index in [4.69, 9.17) is 37.9 Å². The summed E-state index contributed by atoms with van der Waals surface area (Å²) in [6.45, 7) is 3.52. The van der Waals surface area contributed by atoms with Crippen molar-refractivity contribution in [1.82, 2.24) is 19.8 Å². The molecule has 0 aliphatic carbocycles. The average molecular weight is 1000 g/mol. The van der Waals surface area contributed by atoms with Crippen molar-refractivity contribution in [2.75, 3.05) is 47.1 Å². The van der Waals surface area contributed by atoms with Gasteiger partial charge in [0.05, 0.1) is 46.9 Å². The fourth-order valence-electron chi connectivity index (χ4n) is 8.82. The number of aryl methyl sites for hydroxylation is 1. The monoisotopic (exact) mass is 1000 g/mol. The maximum absolute atomic E-state index is 14.4. The number of nitrogens with one attached hydrogen (secondary N) is 2. The molecule has 4 N–H and O–H groups in total. The first-order valence-electron chi connectivity index (χ1n) is 23.2. The first-order chi connectivity index (χ1) is 34.4. The summed E-state index contributed by atoms with van der Waals surface area (Å²) >= 11 is 0. The van der Waals surface area contributed by atoms with E-state index in [1.54, 1.807) is 38.5 Å². The van der Waals surface area contributed by atoms with Crippen molar-refractivity contribution in [3.05, 3.63) is 135 Å². The molecule has 1 aromatic heterocycles. The van der Waals surface area contributed by atoms with Gasteiger partial charge < -0.3 is 58.3 Å².